The highest BCUT2D eigenvalue weighted by molar-refractivity contribution is 9.10. The van der Waals surface area contributed by atoms with Crippen molar-refractivity contribution in [1.29, 1.82) is 0 Å². The Balaban J connectivity index is 2.29. The lowest BCUT2D eigenvalue weighted by molar-refractivity contribution is 0.648. The minimum atomic E-state index is 0.560. The van der Waals surface area contributed by atoms with Gasteiger partial charge in [-0.25, -0.2) is 0 Å². The summed E-state index contributed by atoms with van der Waals surface area (Å²) in [5, 5.41) is 4.30. The molecule has 2 aliphatic rings. The monoisotopic (exact) mass is 300 g/mol. The molecule has 0 fully saturated rings. The highest BCUT2D eigenvalue weighted by Crippen LogP contribution is 2.44. The second-order valence-corrected chi connectivity index (χ2v) is 5.71. The van der Waals surface area contributed by atoms with E-state index >= 15 is 0 Å². The van der Waals surface area contributed by atoms with Crippen molar-refractivity contribution in [2.24, 2.45) is 0 Å². The highest BCUT2D eigenvalue weighted by Gasteiger charge is 2.29. The molecule has 1 atom stereocenters. The molecule has 1 aromatic heterocycles. The largest absolute Gasteiger partial charge is 0.329 e. The zero-order valence-corrected chi connectivity index (χ0v) is 11.5. The van der Waals surface area contributed by atoms with E-state index in [1.807, 2.05) is 0 Å². The molecular formula is C12H14BrClN2. The number of rotatable bonds is 0. The molecule has 0 saturated heterocycles. The molecule has 1 unspecified atom stereocenters. The number of nitrogens with one attached hydrogen (secondary N) is 1. The van der Waals surface area contributed by atoms with Gasteiger partial charge in [-0.15, -0.1) is 0 Å². The van der Waals surface area contributed by atoms with Gasteiger partial charge in [-0.1, -0.05) is 24.6 Å². The summed E-state index contributed by atoms with van der Waals surface area (Å²) >= 11 is 10.1. The Kier molecular flexibility index (Phi) is 2.65. The van der Waals surface area contributed by atoms with Crippen molar-refractivity contribution in [3.63, 3.8) is 0 Å². The molecule has 1 N–H and O–H groups in total. The molecule has 0 saturated carbocycles. The third kappa shape index (κ3) is 1.41. The fourth-order valence-electron chi connectivity index (χ4n) is 2.69. The van der Waals surface area contributed by atoms with E-state index in [0.29, 0.717) is 5.92 Å². The average molecular weight is 302 g/mol. The lowest BCUT2D eigenvalue weighted by Crippen LogP contribution is -2.17. The smallest absolute Gasteiger partial charge is 0.124 e. The Bertz CT molecular complexity index is 476. The number of nitrogens with zero attached hydrogens (tertiary/aromatic N) is 1. The summed E-state index contributed by atoms with van der Waals surface area (Å²) in [7, 11) is 0. The number of hydrogen-bond acceptors (Lipinski definition) is 1. The highest BCUT2D eigenvalue weighted by atomic mass is 79.9. The van der Waals surface area contributed by atoms with E-state index in [4.69, 9.17) is 11.6 Å². The van der Waals surface area contributed by atoms with Crippen LogP contribution >= 0.6 is 27.5 Å². The van der Waals surface area contributed by atoms with Crippen molar-refractivity contribution in [2.45, 2.75) is 25.8 Å². The van der Waals surface area contributed by atoms with E-state index in [0.717, 1.165) is 35.7 Å². The first-order valence-electron chi connectivity index (χ1n) is 5.67. The number of allylic oxidation sites excluding steroid dienone is 1. The molecule has 0 spiro atoms. The first kappa shape index (κ1) is 10.9. The summed E-state index contributed by atoms with van der Waals surface area (Å²) in [5.41, 5.74) is 4.14. The molecule has 1 aliphatic heterocycles. The molecule has 0 radical (unpaired) electrons. The van der Waals surface area contributed by atoms with E-state index in [2.05, 4.69) is 38.8 Å². The standard InChI is InChI=1S/C12H14BrClN2/c1-7-2-3-8-6-15-4-5-16-11(8)9(7)10(13)12(16)14/h3,7,15H,2,4-6H2,1H3. The SMILES string of the molecule is CC1CC=C2CNCCn3c(Cl)c(Br)c1c32. The topological polar surface area (TPSA) is 17.0 Å². The Labute approximate surface area is 109 Å². The molecule has 0 bridgehead atoms. The molecule has 16 heavy (non-hydrogen) atoms. The van der Waals surface area contributed by atoms with Crippen LogP contribution in [0.15, 0.2) is 10.5 Å². The maximum atomic E-state index is 6.40. The molecule has 1 aromatic rings. The maximum Gasteiger partial charge on any atom is 0.124 e. The van der Waals surface area contributed by atoms with Crippen LogP contribution in [0.4, 0.5) is 0 Å². The minimum Gasteiger partial charge on any atom is -0.329 e. The van der Waals surface area contributed by atoms with Gasteiger partial charge in [0.05, 0.1) is 10.2 Å². The van der Waals surface area contributed by atoms with Gasteiger partial charge >= 0.3 is 0 Å². The molecule has 1 aliphatic carbocycles. The van der Waals surface area contributed by atoms with Crippen molar-refractivity contribution >= 4 is 33.1 Å². The van der Waals surface area contributed by atoms with E-state index in [-0.39, 0.29) is 0 Å². The Morgan fingerprint density at radius 1 is 1.56 bits per heavy atom. The van der Waals surface area contributed by atoms with E-state index in [1.165, 1.54) is 16.8 Å². The summed E-state index contributed by atoms with van der Waals surface area (Å²) in [4.78, 5) is 0. The summed E-state index contributed by atoms with van der Waals surface area (Å²) in [6.45, 7) is 5.17. The molecule has 3 rings (SSSR count). The molecular weight excluding hydrogens is 288 g/mol. The van der Waals surface area contributed by atoms with Crippen LogP contribution in [0.5, 0.6) is 0 Å². The van der Waals surface area contributed by atoms with E-state index in [9.17, 15) is 0 Å². The van der Waals surface area contributed by atoms with Crippen molar-refractivity contribution in [2.75, 3.05) is 13.1 Å². The lowest BCUT2D eigenvalue weighted by atomic mass is 9.89. The van der Waals surface area contributed by atoms with Crippen molar-refractivity contribution in [1.82, 2.24) is 9.88 Å². The summed E-state index contributed by atoms with van der Waals surface area (Å²) < 4.78 is 3.34. The number of aromatic nitrogens is 1. The van der Waals surface area contributed by atoms with Gasteiger partial charge in [-0.2, -0.15) is 0 Å². The van der Waals surface area contributed by atoms with Crippen LogP contribution in [-0.4, -0.2) is 17.7 Å². The molecule has 0 aromatic carbocycles. The van der Waals surface area contributed by atoms with E-state index in [1.54, 1.807) is 0 Å². The second kappa shape index (κ2) is 3.90. The fraction of sp³-hybridized carbons (Fsp3) is 0.500. The van der Waals surface area contributed by atoms with Gasteiger partial charge in [0.15, 0.2) is 0 Å². The zero-order valence-electron chi connectivity index (χ0n) is 9.19. The maximum absolute atomic E-state index is 6.40. The van der Waals surface area contributed by atoms with Crippen LogP contribution in [-0.2, 0) is 6.54 Å². The van der Waals surface area contributed by atoms with Crippen LogP contribution in [0.1, 0.15) is 30.5 Å². The average Bonchev–Trinajstić information content (AvgIpc) is 2.46. The van der Waals surface area contributed by atoms with Crippen LogP contribution in [0.2, 0.25) is 5.15 Å². The first-order valence-corrected chi connectivity index (χ1v) is 6.84. The van der Waals surface area contributed by atoms with Gasteiger partial charge in [0.25, 0.3) is 0 Å². The summed E-state index contributed by atoms with van der Waals surface area (Å²) in [5.74, 6) is 0.560. The number of hydrogen-bond donors (Lipinski definition) is 1. The second-order valence-electron chi connectivity index (χ2n) is 4.56. The molecule has 2 heterocycles. The van der Waals surface area contributed by atoms with Gasteiger partial charge in [0.1, 0.15) is 5.15 Å². The molecule has 2 nitrogen and oxygen atoms in total. The molecule has 86 valence electrons. The number of halogens is 2. The third-order valence-corrected chi connectivity index (χ3v) is 4.95. The van der Waals surface area contributed by atoms with Gasteiger partial charge in [-0.3, -0.25) is 0 Å². The van der Waals surface area contributed by atoms with Crippen LogP contribution in [0, 0.1) is 0 Å². The van der Waals surface area contributed by atoms with Gasteiger partial charge in [0.2, 0.25) is 0 Å². The van der Waals surface area contributed by atoms with E-state index < -0.39 is 0 Å². The predicted molar refractivity (Wildman–Crippen MR) is 71.0 cm³/mol. The predicted octanol–water partition coefficient (Wildman–Crippen LogP) is 3.40. The Morgan fingerprint density at radius 3 is 3.19 bits per heavy atom. The molecule has 4 heteroatoms. The summed E-state index contributed by atoms with van der Waals surface area (Å²) in [6.07, 6.45) is 3.47. The van der Waals surface area contributed by atoms with Gasteiger partial charge in [-0.05, 0) is 39.4 Å². The lowest BCUT2D eigenvalue weighted by Gasteiger charge is -2.20. The fourth-order valence-corrected chi connectivity index (χ4v) is 3.75. The van der Waals surface area contributed by atoms with Crippen LogP contribution in [0.25, 0.3) is 5.57 Å². The van der Waals surface area contributed by atoms with Crippen LogP contribution in [0.3, 0.4) is 0 Å². The van der Waals surface area contributed by atoms with Crippen LogP contribution < -0.4 is 5.32 Å². The minimum absolute atomic E-state index is 0.560. The van der Waals surface area contributed by atoms with Crippen molar-refractivity contribution < 1.29 is 0 Å². The summed E-state index contributed by atoms with van der Waals surface area (Å²) in [6, 6.07) is 0. The van der Waals surface area contributed by atoms with Gasteiger partial charge < -0.3 is 9.88 Å². The molecule has 0 amide bonds. The van der Waals surface area contributed by atoms with Gasteiger partial charge in [0, 0.05) is 19.6 Å². The third-order valence-electron chi connectivity index (χ3n) is 3.52. The Morgan fingerprint density at radius 2 is 2.38 bits per heavy atom. The zero-order chi connectivity index (χ0) is 11.3. The quantitative estimate of drug-likeness (QED) is 0.777. The Hall–Kier alpha value is -0.250. The van der Waals surface area contributed by atoms with Crippen molar-refractivity contribution in [3.05, 3.63) is 27.0 Å². The first-order chi connectivity index (χ1) is 7.70. The normalized spacial score (nSPS) is 23.7. The van der Waals surface area contributed by atoms with Crippen molar-refractivity contribution in [3.8, 4) is 0 Å².